The summed E-state index contributed by atoms with van der Waals surface area (Å²) >= 11 is 0. The smallest absolute Gasteiger partial charge is 0.253 e. The van der Waals surface area contributed by atoms with Crippen molar-refractivity contribution < 1.29 is 9.59 Å². The third-order valence-electron chi connectivity index (χ3n) is 5.09. The Morgan fingerprint density at radius 3 is 2.36 bits per heavy atom. The van der Waals surface area contributed by atoms with Crippen molar-refractivity contribution in [3.05, 3.63) is 35.4 Å². The highest BCUT2D eigenvalue weighted by atomic mass is 16.2. The minimum Gasteiger partial charge on any atom is -0.352 e. The zero-order valence-corrected chi connectivity index (χ0v) is 15.7. The molecule has 2 amide bonds. The molecular formula is C21H32N2O2. The van der Waals surface area contributed by atoms with Crippen LogP contribution < -0.4 is 5.32 Å². The van der Waals surface area contributed by atoms with Crippen molar-refractivity contribution in [2.24, 2.45) is 5.92 Å². The summed E-state index contributed by atoms with van der Waals surface area (Å²) in [7, 11) is 0. The van der Waals surface area contributed by atoms with Crippen LogP contribution in [0.15, 0.2) is 24.3 Å². The van der Waals surface area contributed by atoms with Crippen molar-refractivity contribution in [3.8, 4) is 0 Å². The average molecular weight is 344 g/mol. The summed E-state index contributed by atoms with van der Waals surface area (Å²) in [6.45, 7) is 6.23. The lowest BCUT2D eigenvalue weighted by Gasteiger charge is -2.21. The zero-order valence-electron chi connectivity index (χ0n) is 15.7. The molecule has 0 aliphatic heterocycles. The molecule has 0 unspecified atom stereocenters. The van der Waals surface area contributed by atoms with E-state index in [0.717, 1.165) is 49.9 Å². The molecule has 0 atom stereocenters. The lowest BCUT2D eigenvalue weighted by Crippen LogP contribution is -2.32. The standard InChI is InChI=1S/C21H32N2O2/c1-3-5-15-23(4-2)21(25)19-13-11-17(12-14-19)16-22-20(24)18-9-7-6-8-10-18/h11-14,18H,3-10,15-16H2,1-2H3,(H,22,24). The van der Waals surface area contributed by atoms with Crippen LogP contribution in [-0.4, -0.2) is 29.8 Å². The fourth-order valence-electron chi connectivity index (χ4n) is 3.40. The number of benzene rings is 1. The molecule has 138 valence electrons. The molecule has 2 rings (SSSR count). The van der Waals surface area contributed by atoms with E-state index in [2.05, 4.69) is 12.2 Å². The summed E-state index contributed by atoms with van der Waals surface area (Å²) in [6, 6.07) is 7.64. The minimum atomic E-state index is 0.0914. The first-order valence-corrected chi connectivity index (χ1v) is 9.81. The molecule has 0 bridgehead atoms. The van der Waals surface area contributed by atoms with Gasteiger partial charge in [-0.3, -0.25) is 9.59 Å². The largest absolute Gasteiger partial charge is 0.352 e. The van der Waals surface area contributed by atoms with Gasteiger partial charge in [-0.1, -0.05) is 44.7 Å². The second-order valence-corrected chi connectivity index (χ2v) is 6.99. The van der Waals surface area contributed by atoms with E-state index in [-0.39, 0.29) is 17.7 Å². The Labute approximate surface area is 152 Å². The fourth-order valence-corrected chi connectivity index (χ4v) is 3.40. The van der Waals surface area contributed by atoms with Crippen LogP contribution >= 0.6 is 0 Å². The summed E-state index contributed by atoms with van der Waals surface area (Å²) in [5.74, 6) is 0.455. The van der Waals surface area contributed by atoms with Crippen LogP contribution in [0.3, 0.4) is 0 Å². The van der Waals surface area contributed by atoms with Crippen LogP contribution in [0.1, 0.15) is 74.7 Å². The van der Waals surface area contributed by atoms with Gasteiger partial charge >= 0.3 is 0 Å². The molecule has 1 aliphatic rings. The first-order chi connectivity index (χ1) is 12.2. The lowest BCUT2D eigenvalue weighted by atomic mass is 9.88. The molecule has 1 aliphatic carbocycles. The summed E-state index contributed by atoms with van der Waals surface area (Å²) in [6.07, 6.45) is 7.75. The van der Waals surface area contributed by atoms with Crippen molar-refractivity contribution >= 4 is 11.8 Å². The topological polar surface area (TPSA) is 49.4 Å². The molecule has 1 N–H and O–H groups in total. The Balaban J connectivity index is 1.86. The first kappa shape index (κ1) is 19.5. The summed E-state index contributed by atoms with van der Waals surface area (Å²) < 4.78 is 0. The number of unbranched alkanes of at least 4 members (excludes halogenated alkanes) is 1. The molecule has 1 aromatic carbocycles. The number of carbonyl (C=O) groups is 2. The number of nitrogens with zero attached hydrogens (tertiary/aromatic N) is 1. The van der Waals surface area contributed by atoms with E-state index >= 15 is 0 Å². The Kier molecular flexibility index (Phi) is 7.96. The van der Waals surface area contributed by atoms with Crippen LogP contribution in [0.5, 0.6) is 0 Å². The molecule has 4 nitrogen and oxygen atoms in total. The van der Waals surface area contributed by atoms with E-state index in [1.54, 1.807) is 0 Å². The number of hydrogen-bond donors (Lipinski definition) is 1. The van der Waals surface area contributed by atoms with Gasteiger partial charge in [0.25, 0.3) is 5.91 Å². The third-order valence-corrected chi connectivity index (χ3v) is 5.09. The van der Waals surface area contributed by atoms with Crippen LogP contribution in [0.25, 0.3) is 0 Å². The Morgan fingerprint density at radius 1 is 1.08 bits per heavy atom. The van der Waals surface area contributed by atoms with Crippen molar-refractivity contribution in [2.75, 3.05) is 13.1 Å². The van der Waals surface area contributed by atoms with Gasteiger partial charge in [0.15, 0.2) is 0 Å². The van der Waals surface area contributed by atoms with Gasteiger partial charge in [-0.15, -0.1) is 0 Å². The SMILES string of the molecule is CCCCN(CC)C(=O)c1ccc(CNC(=O)C2CCCCC2)cc1. The van der Waals surface area contributed by atoms with Crippen molar-refractivity contribution in [3.63, 3.8) is 0 Å². The normalized spacial score (nSPS) is 15.0. The number of amides is 2. The van der Waals surface area contributed by atoms with Gasteiger partial charge < -0.3 is 10.2 Å². The van der Waals surface area contributed by atoms with E-state index in [4.69, 9.17) is 0 Å². The Bertz CT molecular complexity index is 548. The second kappa shape index (κ2) is 10.2. The lowest BCUT2D eigenvalue weighted by molar-refractivity contribution is -0.126. The highest BCUT2D eigenvalue weighted by Gasteiger charge is 2.20. The Hall–Kier alpha value is -1.84. The van der Waals surface area contributed by atoms with Gasteiger partial charge in [-0.05, 0) is 43.9 Å². The van der Waals surface area contributed by atoms with Gasteiger partial charge in [0, 0.05) is 31.1 Å². The molecule has 25 heavy (non-hydrogen) atoms. The molecule has 4 heteroatoms. The molecule has 1 fully saturated rings. The van der Waals surface area contributed by atoms with E-state index < -0.39 is 0 Å². The average Bonchev–Trinajstić information content (AvgIpc) is 2.67. The summed E-state index contributed by atoms with van der Waals surface area (Å²) in [4.78, 5) is 26.6. The van der Waals surface area contributed by atoms with Gasteiger partial charge in [0.1, 0.15) is 0 Å². The quantitative estimate of drug-likeness (QED) is 0.770. The third kappa shape index (κ3) is 5.87. The van der Waals surface area contributed by atoms with E-state index in [1.165, 1.54) is 19.3 Å². The molecular weight excluding hydrogens is 312 g/mol. The number of carbonyl (C=O) groups excluding carboxylic acids is 2. The Morgan fingerprint density at radius 2 is 1.76 bits per heavy atom. The van der Waals surface area contributed by atoms with Gasteiger partial charge in [0.05, 0.1) is 0 Å². The minimum absolute atomic E-state index is 0.0914. The highest BCUT2D eigenvalue weighted by molar-refractivity contribution is 5.94. The second-order valence-electron chi connectivity index (χ2n) is 6.99. The molecule has 1 saturated carbocycles. The number of rotatable bonds is 8. The van der Waals surface area contributed by atoms with E-state index in [9.17, 15) is 9.59 Å². The maximum absolute atomic E-state index is 12.5. The van der Waals surface area contributed by atoms with E-state index in [0.29, 0.717) is 6.54 Å². The van der Waals surface area contributed by atoms with Crippen LogP contribution in [0.4, 0.5) is 0 Å². The van der Waals surface area contributed by atoms with Crippen molar-refractivity contribution in [2.45, 2.75) is 65.3 Å². The number of nitrogens with one attached hydrogen (secondary N) is 1. The van der Waals surface area contributed by atoms with Crippen LogP contribution in [0.2, 0.25) is 0 Å². The van der Waals surface area contributed by atoms with Crippen molar-refractivity contribution in [1.82, 2.24) is 10.2 Å². The molecule has 0 saturated heterocycles. The van der Waals surface area contributed by atoms with Gasteiger partial charge in [0.2, 0.25) is 5.91 Å². The predicted octanol–water partition coefficient (Wildman–Crippen LogP) is 4.15. The summed E-state index contributed by atoms with van der Waals surface area (Å²) in [5, 5.41) is 3.04. The molecule has 0 heterocycles. The molecule has 1 aromatic rings. The maximum atomic E-state index is 12.5. The molecule has 0 aromatic heterocycles. The monoisotopic (exact) mass is 344 g/mol. The predicted molar refractivity (Wildman–Crippen MR) is 101 cm³/mol. The van der Waals surface area contributed by atoms with Crippen molar-refractivity contribution in [1.29, 1.82) is 0 Å². The van der Waals surface area contributed by atoms with Crippen LogP contribution in [0, 0.1) is 5.92 Å². The molecule has 0 radical (unpaired) electrons. The number of hydrogen-bond acceptors (Lipinski definition) is 2. The fraction of sp³-hybridized carbons (Fsp3) is 0.619. The molecule has 0 spiro atoms. The van der Waals surface area contributed by atoms with Gasteiger partial charge in [-0.25, -0.2) is 0 Å². The van der Waals surface area contributed by atoms with Crippen LogP contribution in [-0.2, 0) is 11.3 Å². The zero-order chi connectivity index (χ0) is 18.1. The highest BCUT2D eigenvalue weighted by Crippen LogP contribution is 2.23. The maximum Gasteiger partial charge on any atom is 0.253 e. The van der Waals surface area contributed by atoms with Gasteiger partial charge in [-0.2, -0.15) is 0 Å². The first-order valence-electron chi connectivity index (χ1n) is 9.81. The summed E-state index contributed by atoms with van der Waals surface area (Å²) in [5.41, 5.74) is 1.76. The van der Waals surface area contributed by atoms with E-state index in [1.807, 2.05) is 36.1 Å².